The molecule has 0 fully saturated rings. The second-order valence-electron chi connectivity index (χ2n) is 5.48. The molecule has 0 aliphatic carbocycles. The smallest absolute Gasteiger partial charge is 0.307 e. The van der Waals surface area contributed by atoms with Crippen LogP contribution in [-0.4, -0.2) is 30.9 Å². The zero-order valence-electron chi connectivity index (χ0n) is 13.3. The van der Waals surface area contributed by atoms with E-state index < -0.39 is 5.97 Å². The van der Waals surface area contributed by atoms with Gasteiger partial charge in [0.2, 0.25) is 5.88 Å². The number of nitriles is 1. The Morgan fingerprint density at radius 3 is 2.52 bits per heavy atom. The minimum absolute atomic E-state index is 0.0688. The van der Waals surface area contributed by atoms with Gasteiger partial charge in [-0.3, -0.25) is 4.79 Å². The molecule has 0 amide bonds. The number of carboxylic acid groups (broad SMARTS) is 1. The second-order valence-corrected chi connectivity index (χ2v) is 5.48. The molecule has 0 saturated heterocycles. The number of pyridine rings is 1. The van der Waals surface area contributed by atoms with Crippen molar-refractivity contribution in [2.45, 2.75) is 13.3 Å². The summed E-state index contributed by atoms with van der Waals surface area (Å²) < 4.78 is 1.30. The number of aryl methyl sites for hydroxylation is 1. The summed E-state index contributed by atoms with van der Waals surface area (Å²) in [5, 5.41) is 32.5. The summed E-state index contributed by atoms with van der Waals surface area (Å²) in [7, 11) is 0. The third kappa shape index (κ3) is 3.19. The van der Waals surface area contributed by atoms with E-state index in [1.165, 1.54) is 10.9 Å². The van der Waals surface area contributed by atoms with Gasteiger partial charge in [0.25, 0.3) is 0 Å². The van der Waals surface area contributed by atoms with E-state index in [2.05, 4.69) is 10.1 Å². The highest BCUT2D eigenvalue weighted by Crippen LogP contribution is 2.33. The van der Waals surface area contributed by atoms with Gasteiger partial charge in [-0.15, -0.1) is 0 Å². The van der Waals surface area contributed by atoms with Crippen LogP contribution in [-0.2, 0) is 11.2 Å². The maximum absolute atomic E-state index is 10.7. The lowest BCUT2D eigenvalue weighted by atomic mass is 10.0. The fraction of sp³-hybridized carbons (Fsp3) is 0.111. The van der Waals surface area contributed by atoms with Crippen LogP contribution in [0.15, 0.2) is 42.6 Å². The summed E-state index contributed by atoms with van der Waals surface area (Å²) in [6.45, 7) is 1.77. The summed E-state index contributed by atoms with van der Waals surface area (Å²) in [6.07, 6.45) is 1.33. The van der Waals surface area contributed by atoms with Crippen LogP contribution in [0, 0.1) is 18.3 Å². The molecule has 2 heterocycles. The Hall–Kier alpha value is -3.66. The Kier molecular flexibility index (Phi) is 4.18. The molecule has 2 N–H and O–H groups in total. The maximum atomic E-state index is 10.7. The molecule has 124 valence electrons. The molecule has 0 aliphatic rings. The van der Waals surface area contributed by atoms with Crippen LogP contribution < -0.4 is 0 Å². The summed E-state index contributed by atoms with van der Waals surface area (Å²) in [5.41, 5.74) is 3.00. The quantitative estimate of drug-likeness (QED) is 0.758. The Morgan fingerprint density at radius 2 is 1.96 bits per heavy atom. The van der Waals surface area contributed by atoms with E-state index in [9.17, 15) is 9.90 Å². The topological polar surface area (TPSA) is 112 Å². The first kappa shape index (κ1) is 16.2. The van der Waals surface area contributed by atoms with Crippen molar-refractivity contribution in [2.24, 2.45) is 0 Å². The van der Waals surface area contributed by atoms with E-state index in [-0.39, 0.29) is 12.3 Å². The van der Waals surface area contributed by atoms with Gasteiger partial charge >= 0.3 is 5.97 Å². The van der Waals surface area contributed by atoms with Gasteiger partial charge in [-0.2, -0.15) is 15.0 Å². The molecule has 0 spiro atoms. The van der Waals surface area contributed by atoms with Crippen molar-refractivity contribution in [3.05, 3.63) is 59.4 Å². The molecule has 7 heteroatoms. The molecule has 0 aliphatic heterocycles. The molecule has 3 aromatic rings. The van der Waals surface area contributed by atoms with Gasteiger partial charge in [-0.1, -0.05) is 18.2 Å². The van der Waals surface area contributed by atoms with E-state index in [0.29, 0.717) is 28.2 Å². The van der Waals surface area contributed by atoms with Crippen molar-refractivity contribution < 1.29 is 15.0 Å². The number of hydrogen-bond donors (Lipinski definition) is 2. The second kappa shape index (κ2) is 6.45. The number of nitrogens with zero attached hydrogens (tertiary/aromatic N) is 4. The van der Waals surface area contributed by atoms with Crippen LogP contribution >= 0.6 is 0 Å². The van der Waals surface area contributed by atoms with Gasteiger partial charge in [0, 0.05) is 6.20 Å². The lowest BCUT2D eigenvalue weighted by Gasteiger charge is -2.04. The van der Waals surface area contributed by atoms with Crippen LogP contribution in [0.4, 0.5) is 0 Å². The van der Waals surface area contributed by atoms with Crippen molar-refractivity contribution >= 4 is 5.97 Å². The molecule has 2 aromatic heterocycles. The molecule has 0 atom stereocenters. The Balaban J connectivity index is 1.99. The monoisotopic (exact) mass is 334 g/mol. The molecule has 0 radical (unpaired) electrons. The minimum atomic E-state index is -0.935. The first-order valence-electron chi connectivity index (χ1n) is 7.46. The fourth-order valence-electron chi connectivity index (χ4n) is 2.55. The maximum Gasteiger partial charge on any atom is 0.307 e. The number of aliphatic carboxylic acids is 1. The third-order valence-electron chi connectivity index (χ3n) is 3.72. The van der Waals surface area contributed by atoms with E-state index in [4.69, 9.17) is 10.4 Å². The van der Waals surface area contributed by atoms with Crippen LogP contribution in [0.1, 0.15) is 16.8 Å². The Labute approximate surface area is 143 Å². The molecule has 25 heavy (non-hydrogen) atoms. The third-order valence-corrected chi connectivity index (χ3v) is 3.72. The molecular weight excluding hydrogens is 320 g/mol. The minimum Gasteiger partial charge on any atom is -0.493 e. The highest BCUT2D eigenvalue weighted by atomic mass is 16.4. The number of benzene rings is 1. The number of aromatic nitrogens is 3. The first-order chi connectivity index (χ1) is 12.0. The summed E-state index contributed by atoms with van der Waals surface area (Å²) in [5.74, 6) is -0.620. The first-order valence-corrected chi connectivity index (χ1v) is 7.46. The van der Waals surface area contributed by atoms with Crippen molar-refractivity contribution in [1.82, 2.24) is 14.8 Å². The zero-order valence-corrected chi connectivity index (χ0v) is 13.3. The van der Waals surface area contributed by atoms with Gasteiger partial charge in [0.05, 0.1) is 29.3 Å². The normalized spacial score (nSPS) is 10.4. The predicted octanol–water partition coefficient (Wildman–Crippen LogP) is 2.45. The Bertz CT molecular complexity index is 967. The number of aromatic hydroxyl groups is 1. The van der Waals surface area contributed by atoms with Crippen molar-refractivity contribution in [1.29, 1.82) is 5.26 Å². The number of hydrogen-bond acceptors (Lipinski definition) is 5. The summed E-state index contributed by atoms with van der Waals surface area (Å²) in [4.78, 5) is 14.9. The molecule has 7 nitrogen and oxygen atoms in total. The highest BCUT2D eigenvalue weighted by Gasteiger charge is 2.18. The summed E-state index contributed by atoms with van der Waals surface area (Å²) >= 11 is 0. The van der Waals surface area contributed by atoms with E-state index in [1.807, 2.05) is 6.07 Å². The lowest BCUT2D eigenvalue weighted by Crippen LogP contribution is -2.03. The largest absolute Gasteiger partial charge is 0.493 e. The van der Waals surface area contributed by atoms with Crippen molar-refractivity contribution in [3.8, 4) is 28.9 Å². The lowest BCUT2D eigenvalue weighted by molar-refractivity contribution is -0.136. The number of carboxylic acids is 1. The molecule has 1 aromatic carbocycles. The van der Waals surface area contributed by atoms with E-state index in [0.717, 1.165) is 5.56 Å². The zero-order chi connectivity index (χ0) is 18.0. The highest BCUT2D eigenvalue weighted by molar-refractivity contribution is 5.72. The average molecular weight is 334 g/mol. The predicted molar refractivity (Wildman–Crippen MR) is 89.3 cm³/mol. The Morgan fingerprint density at radius 1 is 1.24 bits per heavy atom. The molecule has 0 unspecified atom stereocenters. The standard InChI is InChI=1S/C18H14N4O3/c1-11-17(14-5-2-12(9-19)3-6-14)18(25)22(21-11)15-7-4-13(10-20-15)8-16(23)24/h2-7,10,25H,8H2,1H3,(H,23,24). The van der Waals surface area contributed by atoms with Gasteiger partial charge < -0.3 is 10.2 Å². The average Bonchev–Trinajstić information content (AvgIpc) is 2.90. The molecule has 3 rings (SSSR count). The van der Waals surface area contributed by atoms with Crippen LogP contribution in [0.3, 0.4) is 0 Å². The van der Waals surface area contributed by atoms with E-state index in [1.54, 1.807) is 43.3 Å². The van der Waals surface area contributed by atoms with Crippen LogP contribution in [0.25, 0.3) is 16.9 Å². The van der Waals surface area contributed by atoms with Crippen molar-refractivity contribution in [3.63, 3.8) is 0 Å². The number of carbonyl (C=O) groups is 1. The van der Waals surface area contributed by atoms with Gasteiger partial charge in [-0.05, 0) is 36.2 Å². The molecular formula is C18H14N4O3. The van der Waals surface area contributed by atoms with Gasteiger partial charge in [-0.25, -0.2) is 4.98 Å². The molecule has 0 bridgehead atoms. The van der Waals surface area contributed by atoms with Gasteiger partial charge in [0.15, 0.2) is 5.82 Å². The summed E-state index contributed by atoms with van der Waals surface area (Å²) in [6, 6.07) is 12.1. The number of rotatable bonds is 4. The molecule has 0 saturated carbocycles. The van der Waals surface area contributed by atoms with E-state index >= 15 is 0 Å². The van der Waals surface area contributed by atoms with Gasteiger partial charge in [0.1, 0.15) is 0 Å². The van der Waals surface area contributed by atoms with Crippen LogP contribution in [0.5, 0.6) is 5.88 Å². The fourth-order valence-corrected chi connectivity index (χ4v) is 2.55. The van der Waals surface area contributed by atoms with Crippen LogP contribution in [0.2, 0.25) is 0 Å². The SMILES string of the molecule is Cc1nn(-c2ccc(CC(=O)O)cn2)c(O)c1-c1ccc(C#N)cc1. The van der Waals surface area contributed by atoms with Crippen molar-refractivity contribution in [2.75, 3.05) is 0 Å².